The second-order valence-electron chi connectivity index (χ2n) is 5.05. The molecule has 3 unspecified atom stereocenters. The molecule has 2 heterocycles. The predicted molar refractivity (Wildman–Crippen MR) is 96.5 cm³/mol. The maximum Gasteiger partial charge on any atom is 1.00 e. The summed E-state index contributed by atoms with van der Waals surface area (Å²) in [5.41, 5.74) is 0. The second kappa shape index (κ2) is 10.3. The van der Waals surface area contributed by atoms with Crippen molar-refractivity contribution in [3.63, 3.8) is 0 Å². The van der Waals surface area contributed by atoms with E-state index in [0.717, 1.165) is 9.78 Å². The van der Waals surface area contributed by atoms with Crippen molar-refractivity contribution in [3.8, 4) is 0 Å². The number of nitrogens with zero attached hydrogens (tertiary/aromatic N) is 1. The number of alkyl halides is 1. The van der Waals surface area contributed by atoms with Crippen LogP contribution in [0.2, 0.25) is 0 Å². The Hall–Kier alpha value is -0.140. The van der Waals surface area contributed by atoms with Gasteiger partial charge in [0.15, 0.2) is 5.12 Å². The van der Waals surface area contributed by atoms with Crippen LogP contribution in [0.3, 0.4) is 0 Å². The van der Waals surface area contributed by atoms with Crippen LogP contribution in [0, 0.1) is 0 Å². The fourth-order valence-corrected chi connectivity index (χ4v) is 4.77. The SMILES string of the molecule is CC(=O)SC(C(=O)[O-])N1C(=O)C(NC(=O)Cc2cccs2)C1CI.[Na+]. The molecular formula is C14H14IN2NaO5S2. The van der Waals surface area contributed by atoms with Gasteiger partial charge in [-0.25, -0.2) is 0 Å². The number of thiophene rings is 1. The van der Waals surface area contributed by atoms with Gasteiger partial charge in [0.1, 0.15) is 11.4 Å². The van der Waals surface area contributed by atoms with Gasteiger partial charge in [-0.1, -0.05) is 40.4 Å². The molecule has 1 aromatic rings. The fraction of sp³-hybridized carbons (Fsp3) is 0.429. The Morgan fingerprint density at radius 2 is 2.16 bits per heavy atom. The molecule has 25 heavy (non-hydrogen) atoms. The van der Waals surface area contributed by atoms with Crippen molar-refractivity contribution in [2.24, 2.45) is 0 Å². The molecule has 0 aliphatic carbocycles. The number of nitrogens with one attached hydrogen (secondary N) is 1. The van der Waals surface area contributed by atoms with Crippen molar-refractivity contribution < 1.29 is 53.8 Å². The van der Waals surface area contributed by atoms with Crippen LogP contribution in [0.15, 0.2) is 17.5 Å². The Morgan fingerprint density at radius 3 is 2.64 bits per heavy atom. The van der Waals surface area contributed by atoms with Crippen molar-refractivity contribution in [1.82, 2.24) is 10.2 Å². The molecule has 1 saturated heterocycles. The molecule has 1 aliphatic heterocycles. The number of hydrogen-bond acceptors (Lipinski definition) is 7. The van der Waals surface area contributed by atoms with Crippen LogP contribution < -0.4 is 40.0 Å². The van der Waals surface area contributed by atoms with E-state index < -0.39 is 34.4 Å². The molecule has 11 heteroatoms. The van der Waals surface area contributed by atoms with E-state index in [-0.39, 0.29) is 41.9 Å². The number of β-lactam (4-membered cyclic amide) rings is 1. The number of amides is 2. The van der Waals surface area contributed by atoms with Gasteiger partial charge in [0.05, 0.1) is 18.4 Å². The fourth-order valence-electron chi connectivity index (χ4n) is 2.35. The number of carbonyl (C=O) groups is 4. The van der Waals surface area contributed by atoms with E-state index in [2.05, 4.69) is 5.32 Å². The van der Waals surface area contributed by atoms with Crippen molar-refractivity contribution >= 4 is 68.6 Å². The molecule has 130 valence electrons. The Kier molecular flexibility index (Phi) is 9.40. The zero-order chi connectivity index (χ0) is 17.9. The number of carboxylic acid groups (broad SMARTS) is 1. The van der Waals surface area contributed by atoms with Gasteiger partial charge in [-0.05, 0) is 11.4 Å². The smallest absolute Gasteiger partial charge is 0.547 e. The summed E-state index contributed by atoms with van der Waals surface area (Å²) in [6.07, 6.45) is 0.168. The van der Waals surface area contributed by atoms with Gasteiger partial charge in [0.2, 0.25) is 11.8 Å². The predicted octanol–water partition coefficient (Wildman–Crippen LogP) is -3.22. The monoisotopic (exact) mass is 504 g/mol. The summed E-state index contributed by atoms with van der Waals surface area (Å²) in [4.78, 5) is 48.8. The van der Waals surface area contributed by atoms with E-state index in [1.165, 1.54) is 18.3 Å². The first-order valence-electron chi connectivity index (χ1n) is 6.93. The van der Waals surface area contributed by atoms with Gasteiger partial charge >= 0.3 is 29.6 Å². The van der Waals surface area contributed by atoms with Crippen LogP contribution in [0.25, 0.3) is 0 Å². The Bertz CT molecular complexity index is 658. The van der Waals surface area contributed by atoms with Crippen molar-refractivity contribution in [2.45, 2.75) is 30.8 Å². The minimum absolute atomic E-state index is 0. The van der Waals surface area contributed by atoms with Crippen molar-refractivity contribution in [2.75, 3.05) is 4.43 Å². The summed E-state index contributed by atoms with van der Waals surface area (Å²) in [5, 5.41) is 14.0. The van der Waals surface area contributed by atoms with Crippen LogP contribution >= 0.6 is 45.7 Å². The third-order valence-corrected chi connectivity index (χ3v) is 6.14. The summed E-state index contributed by atoms with van der Waals surface area (Å²) in [6, 6.07) is 2.40. The van der Waals surface area contributed by atoms with E-state index in [1.807, 2.05) is 40.1 Å². The molecule has 2 rings (SSSR count). The number of halogens is 1. The summed E-state index contributed by atoms with van der Waals surface area (Å²) in [7, 11) is 0. The topological polar surface area (TPSA) is 107 Å². The standard InChI is InChI=1S/C14H15IN2O5S2.Na/c1-7(18)24-13(14(21)22)17-9(6-15)11(12(17)20)16-10(19)5-8-3-2-4-23-8;/h2-4,9,11,13H,5-6H2,1H3,(H,16,19)(H,21,22);/q;+1/p-1. The van der Waals surface area contributed by atoms with Gasteiger partial charge in [-0.2, -0.15) is 0 Å². The van der Waals surface area contributed by atoms with Gasteiger partial charge < -0.3 is 20.1 Å². The number of rotatable bonds is 7. The zero-order valence-corrected chi connectivity index (χ0v) is 19.4. The average molecular weight is 504 g/mol. The molecule has 7 nitrogen and oxygen atoms in total. The number of carbonyl (C=O) groups excluding carboxylic acids is 4. The van der Waals surface area contributed by atoms with Crippen LogP contribution in [-0.4, -0.2) is 49.7 Å². The number of likely N-dealkylation sites (tertiary alicyclic amines) is 1. The molecule has 1 aromatic heterocycles. The number of hydrogen-bond donors (Lipinski definition) is 1. The van der Waals surface area contributed by atoms with Crippen LogP contribution in [-0.2, 0) is 25.6 Å². The van der Waals surface area contributed by atoms with Crippen LogP contribution in [0.5, 0.6) is 0 Å². The third kappa shape index (κ3) is 5.67. The first kappa shape index (κ1) is 22.9. The third-order valence-electron chi connectivity index (χ3n) is 3.38. The summed E-state index contributed by atoms with van der Waals surface area (Å²) >= 11 is 3.99. The number of thioether (sulfide) groups is 1. The van der Waals surface area contributed by atoms with Gasteiger partial charge in [0, 0.05) is 16.2 Å². The molecule has 1 fully saturated rings. The Labute approximate surface area is 188 Å². The molecular weight excluding hydrogens is 490 g/mol. The average Bonchev–Trinajstić information content (AvgIpc) is 3.00. The van der Waals surface area contributed by atoms with Crippen molar-refractivity contribution in [3.05, 3.63) is 22.4 Å². The maximum atomic E-state index is 12.3. The van der Waals surface area contributed by atoms with E-state index in [9.17, 15) is 24.3 Å². The molecule has 0 bridgehead atoms. The Morgan fingerprint density at radius 1 is 1.48 bits per heavy atom. The van der Waals surface area contributed by atoms with E-state index in [1.54, 1.807) is 0 Å². The molecule has 2 amide bonds. The van der Waals surface area contributed by atoms with E-state index in [4.69, 9.17) is 0 Å². The summed E-state index contributed by atoms with van der Waals surface area (Å²) < 4.78 is 0.426. The molecule has 1 N–H and O–H groups in total. The first-order valence-corrected chi connectivity index (χ1v) is 10.2. The first-order chi connectivity index (χ1) is 11.3. The maximum absolute atomic E-state index is 12.3. The quantitative estimate of drug-likeness (QED) is 0.181. The number of carboxylic acids is 1. The molecule has 0 aromatic carbocycles. The molecule has 1 aliphatic rings. The second-order valence-corrected chi connectivity index (χ2v) is 8.22. The van der Waals surface area contributed by atoms with Gasteiger partial charge in [-0.3, -0.25) is 14.4 Å². The summed E-state index contributed by atoms with van der Waals surface area (Å²) in [6.45, 7) is 1.23. The number of aliphatic carboxylic acids is 1. The van der Waals surface area contributed by atoms with E-state index >= 15 is 0 Å². The van der Waals surface area contributed by atoms with Gasteiger partial charge in [-0.15, -0.1) is 11.3 Å². The molecule has 3 atom stereocenters. The molecule has 0 saturated carbocycles. The Balaban J connectivity index is 0.00000312. The normalized spacial score (nSPS) is 20.2. The zero-order valence-electron chi connectivity index (χ0n) is 13.6. The molecule has 0 radical (unpaired) electrons. The minimum atomic E-state index is -1.50. The van der Waals surface area contributed by atoms with Gasteiger partial charge in [0.25, 0.3) is 0 Å². The van der Waals surface area contributed by atoms with Crippen LogP contribution in [0.4, 0.5) is 0 Å². The van der Waals surface area contributed by atoms with Crippen molar-refractivity contribution in [1.29, 1.82) is 0 Å². The summed E-state index contributed by atoms with van der Waals surface area (Å²) in [5.74, 6) is -2.31. The van der Waals surface area contributed by atoms with Crippen LogP contribution in [0.1, 0.15) is 11.8 Å². The molecule has 0 spiro atoms. The van der Waals surface area contributed by atoms with E-state index in [0.29, 0.717) is 16.2 Å². The minimum Gasteiger partial charge on any atom is -0.547 e. The largest absolute Gasteiger partial charge is 1.00 e.